The number of hydrogen-bond donors (Lipinski definition) is 5. The first-order chi connectivity index (χ1) is 25.6. The summed E-state index contributed by atoms with van der Waals surface area (Å²) in [4.78, 5) is 66.0. The second-order valence-electron chi connectivity index (χ2n) is 13.9. The molecule has 0 bridgehead atoms. The van der Waals surface area contributed by atoms with Gasteiger partial charge in [-0.3, -0.25) is 14.4 Å². The number of carboxylic acid groups (broad SMARTS) is 1. The molecule has 0 aromatic heterocycles. The van der Waals surface area contributed by atoms with Crippen LogP contribution in [0.3, 0.4) is 0 Å². The number of sulfonamides is 1. The molecule has 290 valence electrons. The molecule has 4 rings (SSSR count). The maximum Gasteiger partial charge on any atom is 0.326 e. The molecule has 1 saturated heterocycles. The Labute approximate surface area is 316 Å². The second-order valence-corrected chi connectivity index (χ2v) is 15.9. The van der Waals surface area contributed by atoms with Gasteiger partial charge in [0.05, 0.1) is 17.2 Å². The smallest absolute Gasteiger partial charge is 0.326 e. The summed E-state index contributed by atoms with van der Waals surface area (Å²) in [6, 6.07) is 19.6. The Bertz CT molecular complexity index is 1890. The predicted octanol–water partition coefficient (Wildman–Crippen LogP) is 4.23. The van der Waals surface area contributed by atoms with Gasteiger partial charge in [0.25, 0.3) is 0 Å². The van der Waals surface area contributed by atoms with Crippen LogP contribution >= 0.6 is 0 Å². The van der Waals surface area contributed by atoms with Gasteiger partial charge in [0.2, 0.25) is 27.7 Å². The van der Waals surface area contributed by atoms with Gasteiger partial charge < -0.3 is 31.3 Å². The molecule has 14 nitrogen and oxygen atoms in total. The van der Waals surface area contributed by atoms with Crippen LogP contribution in [-0.2, 0) is 35.6 Å². The molecule has 1 aliphatic rings. The number of urea groups is 1. The number of piperidine rings is 1. The van der Waals surface area contributed by atoms with Crippen molar-refractivity contribution in [1.82, 2.24) is 19.8 Å². The lowest BCUT2D eigenvalue weighted by molar-refractivity contribution is -0.143. The highest BCUT2D eigenvalue weighted by molar-refractivity contribution is 7.89. The maximum atomic E-state index is 13.4. The lowest BCUT2D eigenvalue weighted by atomic mass is 9.98. The van der Waals surface area contributed by atoms with Gasteiger partial charge in [-0.2, -0.15) is 4.31 Å². The summed E-state index contributed by atoms with van der Waals surface area (Å²) in [5.41, 5.74) is 2.83. The number of para-hydroxylation sites is 1. The summed E-state index contributed by atoms with van der Waals surface area (Å²) in [5, 5.41) is 20.7. The average Bonchev–Trinajstić information content (AvgIpc) is 3.15. The van der Waals surface area contributed by atoms with E-state index >= 15 is 0 Å². The van der Waals surface area contributed by atoms with E-state index < -0.39 is 51.8 Å². The van der Waals surface area contributed by atoms with Crippen LogP contribution in [0.25, 0.3) is 0 Å². The van der Waals surface area contributed by atoms with Crippen LogP contribution in [0.15, 0.2) is 83.8 Å². The van der Waals surface area contributed by atoms with Crippen LogP contribution in [0, 0.1) is 18.8 Å². The van der Waals surface area contributed by atoms with E-state index in [4.69, 9.17) is 0 Å². The normalized spacial score (nSPS) is 15.8. The Morgan fingerprint density at radius 3 is 2.24 bits per heavy atom. The number of nitrogens with one attached hydrogen (secondary N) is 4. The average molecular weight is 763 g/mol. The summed E-state index contributed by atoms with van der Waals surface area (Å²) in [5.74, 6) is -3.30. The van der Waals surface area contributed by atoms with Crippen LogP contribution in [0.5, 0.6) is 0 Å². The first-order valence-electron chi connectivity index (χ1n) is 18.0. The number of nitrogens with zero attached hydrogens (tertiary/aromatic N) is 2. The molecule has 0 unspecified atom stereocenters. The maximum absolute atomic E-state index is 13.4. The van der Waals surface area contributed by atoms with Gasteiger partial charge in [0.1, 0.15) is 12.1 Å². The largest absolute Gasteiger partial charge is 0.480 e. The number of benzene rings is 3. The lowest BCUT2D eigenvalue weighted by Gasteiger charge is -2.32. The Morgan fingerprint density at radius 2 is 1.59 bits per heavy atom. The standard InChI is InChI=1S/C39H50N6O8S/c1-26(2)23-34(44(4)35(46)24-28-16-18-30(19-17-28)41-39(51)43-32-15-9-8-11-27(32)3)37(48)40-21-20-33(38(49)50)42-36(47)29-12-10-22-45(25-29)54(52,53)31-13-6-5-7-14-31/h5-9,11,13-19,26,29,33-34H,10,12,20-25H2,1-4H3,(H,40,48)(H,42,47)(H,49,50)(H2,41,43,51)/t29-,33-,34-/m0/s1. The number of hydrogen-bond acceptors (Lipinski definition) is 7. The number of carboxylic acids is 1. The Morgan fingerprint density at radius 1 is 0.926 bits per heavy atom. The van der Waals surface area contributed by atoms with E-state index in [1.54, 1.807) is 55.6 Å². The summed E-state index contributed by atoms with van der Waals surface area (Å²) < 4.78 is 27.5. The highest BCUT2D eigenvalue weighted by Crippen LogP contribution is 2.24. The van der Waals surface area contributed by atoms with Gasteiger partial charge in [0.15, 0.2) is 0 Å². The monoisotopic (exact) mass is 762 g/mol. The number of carbonyl (C=O) groups excluding carboxylic acids is 4. The van der Waals surface area contributed by atoms with Gasteiger partial charge in [-0.05, 0) is 80.0 Å². The minimum absolute atomic E-state index is 0.00638. The molecule has 0 radical (unpaired) electrons. The lowest BCUT2D eigenvalue weighted by Crippen LogP contribution is -2.51. The van der Waals surface area contributed by atoms with Crippen molar-refractivity contribution < 1.29 is 37.5 Å². The molecule has 0 aliphatic carbocycles. The molecule has 1 heterocycles. The zero-order chi connectivity index (χ0) is 39.4. The Kier molecular flexibility index (Phi) is 14.7. The molecule has 3 atom stereocenters. The molecule has 3 aromatic rings. The van der Waals surface area contributed by atoms with E-state index in [1.807, 2.05) is 39.0 Å². The molecule has 15 heteroatoms. The highest BCUT2D eigenvalue weighted by Gasteiger charge is 2.35. The van der Waals surface area contributed by atoms with Crippen LogP contribution in [0.2, 0.25) is 0 Å². The number of aliphatic carboxylic acids is 1. The van der Waals surface area contributed by atoms with E-state index in [9.17, 15) is 37.5 Å². The third-order valence-electron chi connectivity index (χ3n) is 9.30. The predicted molar refractivity (Wildman–Crippen MR) is 205 cm³/mol. The van der Waals surface area contributed by atoms with E-state index in [0.29, 0.717) is 36.2 Å². The van der Waals surface area contributed by atoms with Gasteiger partial charge in [-0.1, -0.05) is 62.4 Å². The Hall–Kier alpha value is -5.28. The highest BCUT2D eigenvalue weighted by atomic mass is 32.2. The van der Waals surface area contributed by atoms with Crippen LogP contribution in [0.4, 0.5) is 16.2 Å². The van der Waals surface area contributed by atoms with E-state index in [-0.39, 0.29) is 49.2 Å². The topological polar surface area (TPSA) is 194 Å². The quantitative estimate of drug-likeness (QED) is 0.143. The van der Waals surface area contributed by atoms with Crippen LogP contribution in [0.1, 0.15) is 50.7 Å². The van der Waals surface area contributed by atoms with Crippen molar-refractivity contribution in [3.8, 4) is 0 Å². The Balaban J connectivity index is 1.29. The molecule has 0 spiro atoms. The molecule has 1 fully saturated rings. The fourth-order valence-corrected chi connectivity index (χ4v) is 7.73. The van der Waals surface area contributed by atoms with Crippen LogP contribution < -0.4 is 21.3 Å². The first-order valence-corrected chi connectivity index (χ1v) is 19.4. The fourth-order valence-electron chi connectivity index (χ4n) is 6.19. The van der Waals surface area contributed by atoms with Crippen molar-refractivity contribution >= 4 is 51.1 Å². The van der Waals surface area contributed by atoms with E-state index in [1.165, 1.54) is 21.3 Å². The van der Waals surface area contributed by atoms with Gasteiger partial charge in [0, 0.05) is 38.1 Å². The molecular formula is C39H50N6O8S. The SMILES string of the molecule is Cc1ccccc1NC(=O)Nc1ccc(CC(=O)N(C)[C@@H](CC(C)C)C(=O)NCC[C@H](NC(=O)[C@H]2CCCN(S(=O)(=O)c3ccccc3)C2)C(=O)O)cc1. The van der Waals surface area contributed by atoms with Crippen molar-refractivity contribution in [2.24, 2.45) is 11.8 Å². The molecule has 0 saturated carbocycles. The number of rotatable bonds is 16. The number of aryl methyl sites for hydroxylation is 1. The second kappa shape index (κ2) is 19.2. The zero-order valence-corrected chi connectivity index (χ0v) is 31.9. The first kappa shape index (κ1) is 41.5. The molecule has 1 aliphatic heterocycles. The minimum atomic E-state index is -3.82. The van der Waals surface area contributed by atoms with Crippen molar-refractivity contribution in [2.75, 3.05) is 37.3 Å². The summed E-state index contributed by atoms with van der Waals surface area (Å²) in [7, 11) is -2.27. The molecular weight excluding hydrogens is 713 g/mol. The number of amides is 5. The van der Waals surface area contributed by atoms with Crippen molar-refractivity contribution in [3.63, 3.8) is 0 Å². The van der Waals surface area contributed by atoms with Gasteiger partial charge in [-0.15, -0.1) is 0 Å². The number of anilines is 2. The van der Waals surface area contributed by atoms with Gasteiger partial charge >= 0.3 is 12.0 Å². The number of likely N-dealkylation sites (N-methyl/N-ethyl adjacent to an activating group) is 1. The molecule has 5 amide bonds. The third kappa shape index (κ3) is 11.6. The minimum Gasteiger partial charge on any atom is -0.480 e. The van der Waals surface area contributed by atoms with Crippen molar-refractivity contribution in [1.29, 1.82) is 0 Å². The molecule has 5 N–H and O–H groups in total. The zero-order valence-electron chi connectivity index (χ0n) is 31.1. The van der Waals surface area contributed by atoms with E-state index in [2.05, 4.69) is 21.3 Å². The van der Waals surface area contributed by atoms with Crippen LogP contribution in [-0.4, -0.2) is 91.2 Å². The fraction of sp³-hybridized carbons (Fsp3) is 0.410. The van der Waals surface area contributed by atoms with E-state index in [0.717, 1.165) is 5.56 Å². The van der Waals surface area contributed by atoms with Crippen molar-refractivity contribution in [3.05, 3.63) is 90.0 Å². The summed E-state index contributed by atoms with van der Waals surface area (Å²) in [6.07, 6.45) is 1.08. The van der Waals surface area contributed by atoms with Crippen molar-refractivity contribution in [2.45, 2.75) is 69.9 Å². The molecule has 54 heavy (non-hydrogen) atoms. The van der Waals surface area contributed by atoms with Gasteiger partial charge in [-0.25, -0.2) is 18.0 Å². The third-order valence-corrected chi connectivity index (χ3v) is 11.2. The molecule has 3 aromatic carbocycles. The number of carbonyl (C=O) groups is 5. The summed E-state index contributed by atoms with van der Waals surface area (Å²) in [6.45, 7) is 5.83. The summed E-state index contributed by atoms with van der Waals surface area (Å²) >= 11 is 0.